The van der Waals surface area contributed by atoms with Crippen LogP contribution in [-0.2, 0) is 17.8 Å². The molecule has 1 aliphatic rings. The molecule has 2 aromatic carbocycles. The van der Waals surface area contributed by atoms with E-state index in [2.05, 4.69) is 9.88 Å². The third-order valence-corrected chi connectivity index (χ3v) is 5.64. The lowest BCUT2D eigenvalue weighted by molar-refractivity contribution is -0.125. The molecule has 1 fully saturated rings. The van der Waals surface area contributed by atoms with Crippen molar-refractivity contribution >= 4 is 16.9 Å². The van der Waals surface area contributed by atoms with Crippen molar-refractivity contribution in [3.05, 3.63) is 65.7 Å². The summed E-state index contributed by atoms with van der Waals surface area (Å²) >= 11 is 0. The van der Waals surface area contributed by atoms with Gasteiger partial charge in [0, 0.05) is 24.4 Å². The van der Waals surface area contributed by atoms with Crippen molar-refractivity contribution in [3.8, 4) is 0 Å². The van der Waals surface area contributed by atoms with Crippen LogP contribution >= 0.6 is 0 Å². The third-order valence-electron chi connectivity index (χ3n) is 5.64. The summed E-state index contributed by atoms with van der Waals surface area (Å²) < 4.78 is 16.2. The number of nitrogens with zero attached hydrogens (tertiary/aromatic N) is 2. The van der Waals surface area contributed by atoms with Crippen molar-refractivity contribution < 1.29 is 9.18 Å². The van der Waals surface area contributed by atoms with Gasteiger partial charge in [0.25, 0.3) is 0 Å². The number of benzene rings is 2. The molecule has 0 radical (unpaired) electrons. The van der Waals surface area contributed by atoms with Crippen LogP contribution in [0, 0.1) is 11.7 Å². The summed E-state index contributed by atoms with van der Waals surface area (Å²) in [5.41, 5.74) is 2.52. The van der Waals surface area contributed by atoms with Gasteiger partial charge < -0.3 is 9.88 Å². The second-order valence-corrected chi connectivity index (χ2v) is 7.57. The molecule has 0 atom stereocenters. The zero-order chi connectivity index (χ0) is 19.3. The van der Waals surface area contributed by atoms with Gasteiger partial charge in [0.15, 0.2) is 0 Å². The van der Waals surface area contributed by atoms with Crippen LogP contribution in [0.2, 0.25) is 0 Å². The van der Waals surface area contributed by atoms with E-state index in [1.54, 1.807) is 12.1 Å². The average Bonchev–Trinajstić information content (AvgIpc) is 3.08. The van der Waals surface area contributed by atoms with E-state index in [9.17, 15) is 9.18 Å². The highest BCUT2D eigenvalue weighted by molar-refractivity contribution is 5.79. The lowest BCUT2D eigenvalue weighted by atomic mass is 9.89. The first-order chi connectivity index (χ1) is 13.7. The molecular formula is C23H26FN3O. The molecule has 4 nitrogen and oxygen atoms in total. The van der Waals surface area contributed by atoms with Crippen LogP contribution < -0.4 is 5.32 Å². The standard InChI is InChI=1S/C23H26FN3O/c24-19-11-5-4-10-18(19)16-27-21-13-7-6-12-20(21)26-22(27)14-15-25-23(28)17-8-2-1-3-9-17/h4-7,10-13,17H,1-3,8-9,14-16H2,(H,25,28). The molecular weight excluding hydrogens is 353 g/mol. The van der Waals surface area contributed by atoms with Crippen LogP contribution in [0.15, 0.2) is 48.5 Å². The Morgan fingerprint density at radius 3 is 2.64 bits per heavy atom. The number of hydrogen-bond acceptors (Lipinski definition) is 2. The number of fused-ring (bicyclic) bond motifs is 1. The van der Waals surface area contributed by atoms with Gasteiger partial charge >= 0.3 is 0 Å². The molecule has 1 heterocycles. The summed E-state index contributed by atoms with van der Waals surface area (Å²) in [5, 5.41) is 3.08. The van der Waals surface area contributed by atoms with Crippen LogP contribution in [0.25, 0.3) is 11.0 Å². The highest BCUT2D eigenvalue weighted by atomic mass is 19.1. The van der Waals surface area contributed by atoms with Crippen molar-refractivity contribution in [1.82, 2.24) is 14.9 Å². The molecule has 146 valence electrons. The predicted octanol–water partition coefficient (Wildman–Crippen LogP) is 4.46. The lowest BCUT2D eigenvalue weighted by Crippen LogP contribution is -2.33. The molecule has 1 saturated carbocycles. The Kier molecular flexibility index (Phi) is 5.70. The first-order valence-corrected chi connectivity index (χ1v) is 10.2. The summed E-state index contributed by atoms with van der Waals surface area (Å²) in [5.74, 6) is 0.979. The highest BCUT2D eigenvalue weighted by Crippen LogP contribution is 2.24. The molecule has 1 N–H and O–H groups in total. The van der Waals surface area contributed by atoms with Crippen LogP contribution in [0.4, 0.5) is 4.39 Å². The number of aromatic nitrogens is 2. The van der Waals surface area contributed by atoms with E-state index in [0.29, 0.717) is 25.1 Å². The molecule has 5 heteroatoms. The van der Waals surface area contributed by atoms with Gasteiger partial charge in [-0.05, 0) is 31.0 Å². The quantitative estimate of drug-likeness (QED) is 0.687. The van der Waals surface area contributed by atoms with Crippen LogP contribution in [-0.4, -0.2) is 22.0 Å². The number of hydrogen-bond donors (Lipinski definition) is 1. The van der Waals surface area contributed by atoms with E-state index in [4.69, 9.17) is 4.98 Å². The monoisotopic (exact) mass is 379 g/mol. The maximum atomic E-state index is 14.2. The molecule has 0 spiro atoms. The van der Waals surface area contributed by atoms with Crippen molar-refractivity contribution in [2.24, 2.45) is 5.92 Å². The van der Waals surface area contributed by atoms with Crippen LogP contribution in [0.1, 0.15) is 43.5 Å². The topological polar surface area (TPSA) is 46.9 Å². The average molecular weight is 379 g/mol. The fraction of sp³-hybridized carbons (Fsp3) is 0.391. The van der Waals surface area contributed by atoms with Gasteiger partial charge in [0.2, 0.25) is 5.91 Å². The number of amides is 1. The highest BCUT2D eigenvalue weighted by Gasteiger charge is 2.21. The molecule has 4 rings (SSSR count). The Morgan fingerprint density at radius 2 is 1.82 bits per heavy atom. The van der Waals surface area contributed by atoms with E-state index in [0.717, 1.165) is 42.5 Å². The van der Waals surface area contributed by atoms with Gasteiger partial charge in [-0.25, -0.2) is 9.37 Å². The fourth-order valence-electron chi connectivity index (χ4n) is 4.10. The normalized spacial score (nSPS) is 15.0. The number of imidazole rings is 1. The Labute approximate surface area is 164 Å². The van der Waals surface area contributed by atoms with Gasteiger partial charge in [-0.3, -0.25) is 4.79 Å². The van der Waals surface area contributed by atoms with E-state index in [1.807, 2.05) is 30.3 Å². The van der Waals surface area contributed by atoms with E-state index >= 15 is 0 Å². The zero-order valence-electron chi connectivity index (χ0n) is 16.0. The van der Waals surface area contributed by atoms with Gasteiger partial charge in [0.1, 0.15) is 11.6 Å². The SMILES string of the molecule is O=C(NCCc1nc2ccccc2n1Cc1ccccc1F)C1CCCCC1. The van der Waals surface area contributed by atoms with E-state index in [-0.39, 0.29) is 17.6 Å². The molecule has 1 aromatic heterocycles. The van der Waals surface area contributed by atoms with Crippen LogP contribution in [0.5, 0.6) is 0 Å². The maximum absolute atomic E-state index is 14.2. The molecule has 0 bridgehead atoms. The van der Waals surface area contributed by atoms with E-state index < -0.39 is 0 Å². The van der Waals surface area contributed by atoms with Crippen molar-refractivity contribution in [3.63, 3.8) is 0 Å². The van der Waals surface area contributed by atoms with Gasteiger partial charge in [-0.1, -0.05) is 49.6 Å². The van der Waals surface area contributed by atoms with Crippen LogP contribution in [0.3, 0.4) is 0 Å². The predicted molar refractivity (Wildman–Crippen MR) is 109 cm³/mol. The minimum atomic E-state index is -0.211. The molecule has 0 aliphatic heterocycles. The fourth-order valence-corrected chi connectivity index (χ4v) is 4.10. The minimum Gasteiger partial charge on any atom is -0.355 e. The second-order valence-electron chi connectivity index (χ2n) is 7.57. The summed E-state index contributed by atoms with van der Waals surface area (Å²) in [6, 6.07) is 14.7. The Morgan fingerprint density at radius 1 is 1.07 bits per heavy atom. The smallest absolute Gasteiger partial charge is 0.223 e. The molecule has 0 saturated heterocycles. The number of rotatable bonds is 6. The van der Waals surface area contributed by atoms with E-state index in [1.165, 1.54) is 12.5 Å². The Bertz CT molecular complexity index is 959. The minimum absolute atomic E-state index is 0.158. The number of carbonyl (C=O) groups is 1. The number of nitrogens with one attached hydrogen (secondary N) is 1. The van der Waals surface area contributed by atoms with Gasteiger partial charge in [-0.2, -0.15) is 0 Å². The third kappa shape index (κ3) is 4.08. The number of para-hydroxylation sites is 2. The van der Waals surface area contributed by atoms with Gasteiger partial charge in [0.05, 0.1) is 17.6 Å². The summed E-state index contributed by atoms with van der Waals surface area (Å²) in [6.07, 6.45) is 6.16. The number of halogens is 1. The summed E-state index contributed by atoms with van der Waals surface area (Å²) in [4.78, 5) is 17.1. The Balaban J connectivity index is 1.50. The lowest BCUT2D eigenvalue weighted by Gasteiger charge is -2.20. The van der Waals surface area contributed by atoms with Crippen molar-refractivity contribution in [2.75, 3.05) is 6.54 Å². The maximum Gasteiger partial charge on any atom is 0.223 e. The van der Waals surface area contributed by atoms with Crippen molar-refractivity contribution in [1.29, 1.82) is 0 Å². The first kappa shape index (κ1) is 18.7. The zero-order valence-corrected chi connectivity index (χ0v) is 16.0. The molecule has 1 aliphatic carbocycles. The Hall–Kier alpha value is -2.69. The van der Waals surface area contributed by atoms with Crippen molar-refractivity contribution in [2.45, 2.75) is 45.1 Å². The first-order valence-electron chi connectivity index (χ1n) is 10.2. The second kappa shape index (κ2) is 8.55. The van der Waals surface area contributed by atoms with Gasteiger partial charge in [-0.15, -0.1) is 0 Å². The molecule has 1 amide bonds. The largest absolute Gasteiger partial charge is 0.355 e. The molecule has 0 unspecified atom stereocenters. The molecule has 3 aromatic rings. The summed E-state index contributed by atoms with van der Waals surface area (Å²) in [7, 11) is 0. The number of carbonyl (C=O) groups excluding carboxylic acids is 1. The summed E-state index contributed by atoms with van der Waals surface area (Å²) in [6.45, 7) is 0.981. The molecule has 28 heavy (non-hydrogen) atoms.